The average molecular weight is 489 g/mol. The van der Waals surface area contributed by atoms with E-state index in [0.29, 0.717) is 19.1 Å². The highest BCUT2D eigenvalue weighted by Gasteiger charge is 2.30. The van der Waals surface area contributed by atoms with E-state index < -0.39 is 0 Å². The second-order valence-electron chi connectivity index (χ2n) is 10.2. The van der Waals surface area contributed by atoms with E-state index in [4.69, 9.17) is 4.42 Å². The molecule has 1 saturated carbocycles. The molecule has 5 rings (SSSR count). The molecular weight excluding hydrogens is 452 g/mol. The number of hydrogen-bond donors (Lipinski definition) is 1. The molecule has 1 aliphatic rings. The Balaban J connectivity index is 1.54. The van der Waals surface area contributed by atoms with Crippen LogP contribution in [0, 0.1) is 13.8 Å². The molecule has 0 radical (unpaired) electrons. The average Bonchev–Trinajstić information content (AvgIpc) is 3.56. The molecule has 0 bridgehead atoms. The molecule has 3 aromatic heterocycles. The lowest BCUT2D eigenvalue weighted by Crippen LogP contribution is -2.33. The van der Waals surface area contributed by atoms with E-state index in [9.17, 15) is 4.79 Å². The van der Waals surface area contributed by atoms with Crippen LogP contribution in [0.25, 0.3) is 10.9 Å². The number of nitrogens with zero attached hydrogens (tertiary/aromatic N) is 5. The first-order chi connectivity index (χ1) is 17.5. The fourth-order valence-corrected chi connectivity index (χ4v) is 5.69. The van der Waals surface area contributed by atoms with E-state index in [1.54, 1.807) is 6.26 Å². The summed E-state index contributed by atoms with van der Waals surface area (Å²) in [6.45, 7) is 7.37. The first-order valence-electron chi connectivity index (χ1n) is 13.2. The summed E-state index contributed by atoms with van der Waals surface area (Å²) in [5.41, 5.74) is 3.86. The highest BCUT2D eigenvalue weighted by molar-refractivity contribution is 5.83. The summed E-state index contributed by atoms with van der Waals surface area (Å²) in [5, 5.41) is 14.2. The number of nitrogens with one attached hydrogen (secondary N) is 1. The Kier molecular flexibility index (Phi) is 7.32. The van der Waals surface area contributed by atoms with Gasteiger partial charge in [-0.3, -0.25) is 9.69 Å². The van der Waals surface area contributed by atoms with Crippen LogP contribution < -0.4 is 5.56 Å². The molecule has 4 aromatic rings. The number of pyridine rings is 1. The van der Waals surface area contributed by atoms with E-state index in [2.05, 4.69) is 56.9 Å². The Bertz CT molecular complexity index is 1350. The molecule has 1 aliphatic carbocycles. The van der Waals surface area contributed by atoms with Gasteiger partial charge in [-0.05, 0) is 78.9 Å². The van der Waals surface area contributed by atoms with Crippen LogP contribution in [-0.4, -0.2) is 30.1 Å². The molecular formula is C28H36N6O2. The number of aryl methyl sites for hydroxylation is 2. The fourth-order valence-electron chi connectivity index (χ4n) is 5.69. The van der Waals surface area contributed by atoms with E-state index in [-0.39, 0.29) is 11.6 Å². The molecule has 0 saturated heterocycles. The summed E-state index contributed by atoms with van der Waals surface area (Å²) >= 11 is 0. The third kappa shape index (κ3) is 5.14. The molecule has 8 heteroatoms. The van der Waals surface area contributed by atoms with Crippen molar-refractivity contribution in [3.8, 4) is 0 Å². The van der Waals surface area contributed by atoms with Gasteiger partial charge in [0.15, 0.2) is 5.82 Å². The largest absolute Gasteiger partial charge is 0.468 e. The number of benzene rings is 1. The summed E-state index contributed by atoms with van der Waals surface area (Å²) in [4.78, 5) is 18.6. The minimum Gasteiger partial charge on any atom is -0.468 e. The molecule has 36 heavy (non-hydrogen) atoms. The highest BCUT2D eigenvalue weighted by Crippen LogP contribution is 2.33. The minimum atomic E-state index is -0.0564. The van der Waals surface area contributed by atoms with Crippen LogP contribution in [0.1, 0.15) is 92.2 Å². The third-order valence-electron chi connectivity index (χ3n) is 7.44. The van der Waals surface area contributed by atoms with Crippen molar-refractivity contribution in [3.05, 3.63) is 75.2 Å². The van der Waals surface area contributed by atoms with Crippen LogP contribution in [0.4, 0.5) is 0 Å². The van der Waals surface area contributed by atoms with Crippen molar-refractivity contribution in [1.29, 1.82) is 0 Å². The lowest BCUT2D eigenvalue weighted by atomic mass is 9.95. The van der Waals surface area contributed by atoms with Crippen molar-refractivity contribution in [2.24, 2.45) is 0 Å². The van der Waals surface area contributed by atoms with Gasteiger partial charge in [0.1, 0.15) is 5.76 Å². The molecule has 8 nitrogen and oxygen atoms in total. The molecule has 0 aliphatic heterocycles. The minimum absolute atomic E-state index is 0.0359. The predicted octanol–water partition coefficient (Wildman–Crippen LogP) is 5.77. The zero-order valence-electron chi connectivity index (χ0n) is 21.5. The van der Waals surface area contributed by atoms with Gasteiger partial charge in [-0.15, -0.1) is 5.10 Å². The van der Waals surface area contributed by atoms with Gasteiger partial charge in [-0.1, -0.05) is 38.7 Å². The Morgan fingerprint density at radius 2 is 2.00 bits per heavy atom. The Morgan fingerprint density at radius 1 is 1.17 bits per heavy atom. The number of H-pyrrole nitrogens is 1. The zero-order valence-corrected chi connectivity index (χ0v) is 21.5. The predicted molar refractivity (Wildman–Crippen MR) is 140 cm³/mol. The number of hydrogen-bond acceptors (Lipinski definition) is 6. The van der Waals surface area contributed by atoms with Crippen molar-refractivity contribution in [2.75, 3.05) is 0 Å². The maximum Gasteiger partial charge on any atom is 0.252 e. The molecule has 1 atom stereocenters. The molecule has 3 heterocycles. The van der Waals surface area contributed by atoms with Gasteiger partial charge in [-0.2, -0.15) is 0 Å². The third-order valence-corrected chi connectivity index (χ3v) is 7.44. The Morgan fingerprint density at radius 3 is 2.75 bits per heavy atom. The van der Waals surface area contributed by atoms with Crippen molar-refractivity contribution in [1.82, 2.24) is 30.1 Å². The Hall–Kier alpha value is -3.26. The van der Waals surface area contributed by atoms with Gasteiger partial charge < -0.3 is 9.40 Å². The maximum absolute atomic E-state index is 13.2. The smallest absolute Gasteiger partial charge is 0.252 e. The van der Waals surface area contributed by atoms with Crippen LogP contribution >= 0.6 is 0 Å². The van der Waals surface area contributed by atoms with Gasteiger partial charge in [0.25, 0.3) is 5.56 Å². The zero-order chi connectivity index (χ0) is 25.1. The van der Waals surface area contributed by atoms with Gasteiger partial charge in [-0.25, -0.2) is 4.68 Å². The van der Waals surface area contributed by atoms with Crippen LogP contribution in [0.2, 0.25) is 0 Å². The molecule has 0 spiro atoms. The van der Waals surface area contributed by atoms with Crippen LogP contribution in [-0.2, 0) is 13.1 Å². The second kappa shape index (κ2) is 10.8. The number of furan rings is 1. The van der Waals surface area contributed by atoms with Crippen LogP contribution in [0.3, 0.4) is 0 Å². The number of aromatic amines is 1. The van der Waals surface area contributed by atoms with E-state index in [1.165, 1.54) is 19.3 Å². The summed E-state index contributed by atoms with van der Waals surface area (Å²) in [7, 11) is 0. The van der Waals surface area contributed by atoms with Crippen LogP contribution in [0.15, 0.2) is 45.8 Å². The molecule has 1 unspecified atom stereocenters. The summed E-state index contributed by atoms with van der Waals surface area (Å²) in [6.07, 6.45) is 9.48. The van der Waals surface area contributed by atoms with E-state index in [0.717, 1.165) is 64.9 Å². The van der Waals surface area contributed by atoms with Gasteiger partial charge in [0, 0.05) is 23.0 Å². The van der Waals surface area contributed by atoms with Crippen LogP contribution in [0.5, 0.6) is 0 Å². The lowest BCUT2D eigenvalue weighted by Gasteiger charge is -2.32. The van der Waals surface area contributed by atoms with E-state index >= 15 is 0 Å². The number of rotatable bonds is 9. The van der Waals surface area contributed by atoms with Crippen molar-refractivity contribution < 1.29 is 4.42 Å². The maximum atomic E-state index is 13.2. The standard InChI is InChI=1S/C28H36N6O2/c1-4-9-26(27-30-31-32-34(27)22-10-6-5-7-11-22)33(18-23-12-8-13-36-23)17-21-16-24-20(3)14-19(2)15-25(24)29-28(21)35/h8,12-16,22,26H,4-7,9-11,17-18H2,1-3H3,(H,29,35). The van der Waals surface area contributed by atoms with Gasteiger partial charge >= 0.3 is 0 Å². The van der Waals surface area contributed by atoms with E-state index in [1.807, 2.05) is 24.3 Å². The molecule has 1 fully saturated rings. The van der Waals surface area contributed by atoms with Gasteiger partial charge in [0.05, 0.1) is 24.9 Å². The first kappa shape index (κ1) is 24.4. The normalized spacial score (nSPS) is 15.7. The number of tetrazole rings is 1. The van der Waals surface area contributed by atoms with Crippen molar-refractivity contribution in [2.45, 2.75) is 90.9 Å². The molecule has 1 N–H and O–H groups in total. The molecule has 1 aromatic carbocycles. The molecule has 190 valence electrons. The van der Waals surface area contributed by atoms with Crippen molar-refractivity contribution in [3.63, 3.8) is 0 Å². The van der Waals surface area contributed by atoms with Gasteiger partial charge in [0.2, 0.25) is 0 Å². The topological polar surface area (TPSA) is 92.8 Å². The van der Waals surface area contributed by atoms with Crippen molar-refractivity contribution >= 4 is 10.9 Å². The molecule has 0 amide bonds. The SMILES string of the molecule is CCCC(c1nnnn1C1CCCCC1)N(Cc1ccco1)Cc1cc2c(C)cc(C)cc2[nH]c1=O. The quantitative estimate of drug-likeness (QED) is 0.321. The number of fused-ring (bicyclic) bond motifs is 1. The highest BCUT2D eigenvalue weighted by atomic mass is 16.3. The second-order valence-corrected chi connectivity index (χ2v) is 10.2. The lowest BCUT2D eigenvalue weighted by molar-refractivity contribution is 0.139. The first-order valence-corrected chi connectivity index (χ1v) is 13.2. The summed E-state index contributed by atoms with van der Waals surface area (Å²) in [5.74, 6) is 1.75. The number of aromatic nitrogens is 5. The summed E-state index contributed by atoms with van der Waals surface area (Å²) < 4.78 is 7.80. The summed E-state index contributed by atoms with van der Waals surface area (Å²) in [6, 6.07) is 10.4. The fraction of sp³-hybridized carbons (Fsp3) is 0.500. The Labute approximate surface area is 211 Å². The monoisotopic (exact) mass is 488 g/mol.